The number of halogens is 1. The van der Waals surface area contributed by atoms with E-state index in [2.05, 4.69) is 6.92 Å². The van der Waals surface area contributed by atoms with Gasteiger partial charge in [0, 0.05) is 12.4 Å². The van der Waals surface area contributed by atoms with Crippen LogP contribution in [0.5, 0.6) is 0 Å². The lowest BCUT2D eigenvalue weighted by Gasteiger charge is -2.05. The summed E-state index contributed by atoms with van der Waals surface area (Å²) in [6, 6.07) is 4.45. The van der Waals surface area contributed by atoms with Crippen molar-refractivity contribution < 1.29 is 14.3 Å². The van der Waals surface area contributed by atoms with E-state index in [0.29, 0.717) is 0 Å². The maximum Gasteiger partial charge on any atom is 0.126 e. The fourth-order valence-electron chi connectivity index (χ4n) is 1.38. The van der Waals surface area contributed by atoms with E-state index in [1.165, 1.54) is 12.1 Å². The highest BCUT2D eigenvalue weighted by atomic mass is 19.1. The first kappa shape index (κ1) is 12.4. The first-order valence-corrected chi connectivity index (χ1v) is 5.28. The molecular weight excluding hydrogens is 207 g/mol. The molecule has 1 aromatic carbocycles. The van der Waals surface area contributed by atoms with Crippen LogP contribution in [0.15, 0.2) is 24.3 Å². The van der Waals surface area contributed by atoms with Gasteiger partial charge < -0.3 is 9.90 Å². The highest BCUT2D eigenvalue weighted by Crippen LogP contribution is 2.13. The van der Waals surface area contributed by atoms with Crippen molar-refractivity contribution in [2.24, 2.45) is 0 Å². The van der Waals surface area contributed by atoms with Crippen molar-refractivity contribution in [3.05, 3.63) is 41.2 Å². The van der Waals surface area contributed by atoms with Crippen LogP contribution in [0.4, 0.5) is 4.39 Å². The molecule has 0 aromatic heterocycles. The van der Waals surface area contributed by atoms with Crippen molar-refractivity contribution in [3.8, 4) is 0 Å². The minimum Gasteiger partial charge on any atom is -0.550 e. The molecule has 86 valence electrons. The molecule has 0 amide bonds. The predicted octanol–water partition coefficient (Wildman–Crippen LogP) is 1.93. The Morgan fingerprint density at radius 2 is 2.25 bits per heavy atom. The molecule has 1 rings (SSSR count). The minimum absolute atomic E-state index is 0.165. The zero-order valence-corrected chi connectivity index (χ0v) is 9.20. The van der Waals surface area contributed by atoms with E-state index in [4.69, 9.17) is 0 Å². The van der Waals surface area contributed by atoms with Crippen molar-refractivity contribution in [2.75, 3.05) is 0 Å². The van der Waals surface area contributed by atoms with Crippen LogP contribution in [0.1, 0.15) is 30.9 Å². The first-order chi connectivity index (χ1) is 7.63. The highest BCUT2D eigenvalue weighted by Gasteiger charge is 2.02. The Kier molecular flexibility index (Phi) is 4.70. The summed E-state index contributed by atoms with van der Waals surface area (Å²) < 4.78 is 13.2. The number of hydrogen-bond donors (Lipinski definition) is 0. The van der Waals surface area contributed by atoms with Crippen LogP contribution in [-0.4, -0.2) is 5.97 Å². The SMILES string of the molecule is CCC/C=C/c1ccc(F)c(CC(=O)[O-])c1. The molecule has 0 aliphatic carbocycles. The average Bonchev–Trinajstić information content (AvgIpc) is 2.22. The quantitative estimate of drug-likeness (QED) is 0.762. The van der Waals surface area contributed by atoms with E-state index in [-0.39, 0.29) is 12.0 Å². The van der Waals surface area contributed by atoms with Gasteiger partial charge in [0.1, 0.15) is 5.82 Å². The van der Waals surface area contributed by atoms with Crippen molar-refractivity contribution in [3.63, 3.8) is 0 Å². The van der Waals surface area contributed by atoms with E-state index in [0.717, 1.165) is 18.4 Å². The van der Waals surface area contributed by atoms with Gasteiger partial charge in [-0.25, -0.2) is 4.39 Å². The van der Waals surface area contributed by atoms with Gasteiger partial charge >= 0.3 is 0 Å². The molecule has 0 bridgehead atoms. The van der Waals surface area contributed by atoms with E-state index in [1.807, 2.05) is 12.2 Å². The van der Waals surface area contributed by atoms with Gasteiger partial charge in [0.05, 0.1) is 0 Å². The fourth-order valence-corrected chi connectivity index (χ4v) is 1.38. The molecule has 16 heavy (non-hydrogen) atoms. The molecule has 0 atom stereocenters. The number of aliphatic carboxylic acids is 1. The van der Waals surface area contributed by atoms with Crippen LogP contribution in [0.2, 0.25) is 0 Å². The molecule has 0 saturated heterocycles. The second kappa shape index (κ2) is 6.05. The van der Waals surface area contributed by atoms with Gasteiger partial charge in [-0.2, -0.15) is 0 Å². The molecule has 0 unspecified atom stereocenters. The van der Waals surface area contributed by atoms with Crippen LogP contribution in [0, 0.1) is 5.82 Å². The Balaban J connectivity index is 2.84. The summed E-state index contributed by atoms with van der Waals surface area (Å²) in [5.41, 5.74) is 0.977. The summed E-state index contributed by atoms with van der Waals surface area (Å²) in [5, 5.41) is 10.4. The molecule has 0 saturated carbocycles. The normalized spacial score (nSPS) is 10.9. The van der Waals surface area contributed by atoms with Crippen LogP contribution in [-0.2, 0) is 11.2 Å². The van der Waals surface area contributed by atoms with Gasteiger partial charge in [0.15, 0.2) is 0 Å². The predicted molar refractivity (Wildman–Crippen MR) is 59.1 cm³/mol. The zero-order valence-electron chi connectivity index (χ0n) is 9.20. The summed E-state index contributed by atoms with van der Waals surface area (Å²) in [5.74, 6) is -1.77. The summed E-state index contributed by atoms with van der Waals surface area (Å²) in [7, 11) is 0. The van der Waals surface area contributed by atoms with E-state index >= 15 is 0 Å². The van der Waals surface area contributed by atoms with Crippen LogP contribution in [0.25, 0.3) is 6.08 Å². The molecule has 0 heterocycles. The molecule has 3 heteroatoms. The van der Waals surface area contributed by atoms with Crippen molar-refractivity contribution in [2.45, 2.75) is 26.2 Å². The molecule has 0 fully saturated rings. The average molecular weight is 221 g/mol. The second-order valence-corrected chi connectivity index (χ2v) is 3.59. The monoisotopic (exact) mass is 221 g/mol. The van der Waals surface area contributed by atoms with Gasteiger partial charge in [0.2, 0.25) is 0 Å². The highest BCUT2D eigenvalue weighted by molar-refractivity contribution is 5.68. The Hall–Kier alpha value is -1.64. The molecule has 2 nitrogen and oxygen atoms in total. The Labute approximate surface area is 94.4 Å². The largest absolute Gasteiger partial charge is 0.550 e. The van der Waals surface area contributed by atoms with Crippen molar-refractivity contribution in [1.82, 2.24) is 0 Å². The number of carboxylic acids is 1. The number of carbonyl (C=O) groups is 1. The minimum atomic E-state index is -1.27. The maximum atomic E-state index is 13.2. The van der Waals surface area contributed by atoms with Crippen LogP contribution < -0.4 is 5.11 Å². The number of hydrogen-bond acceptors (Lipinski definition) is 2. The number of unbranched alkanes of at least 4 members (excludes halogenated alkanes) is 1. The third kappa shape index (κ3) is 3.85. The third-order valence-electron chi connectivity index (χ3n) is 2.17. The first-order valence-electron chi connectivity index (χ1n) is 5.28. The standard InChI is InChI=1S/C13H15FO2/c1-2-3-4-5-10-6-7-12(14)11(8-10)9-13(15)16/h4-8H,2-3,9H2,1H3,(H,15,16)/p-1/b5-4+. The Morgan fingerprint density at radius 3 is 2.88 bits per heavy atom. The lowest BCUT2D eigenvalue weighted by Crippen LogP contribution is -2.24. The zero-order chi connectivity index (χ0) is 12.0. The lowest BCUT2D eigenvalue weighted by atomic mass is 10.1. The summed E-state index contributed by atoms with van der Waals surface area (Å²) in [6.45, 7) is 2.07. The van der Waals surface area contributed by atoms with E-state index < -0.39 is 11.8 Å². The van der Waals surface area contributed by atoms with Gasteiger partial charge in [-0.3, -0.25) is 0 Å². The number of benzene rings is 1. The van der Waals surface area contributed by atoms with E-state index in [1.54, 1.807) is 6.07 Å². The van der Waals surface area contributed by atoms with Gasteiger partial charge in [-0.1, -0.05) is 31.6 Å². The van der Waals surface area contributed by atoms with Crippen LogP contribution >= 0.6 is 0 Å². The van der Waals surface area contributed by atoms with E-state index in [9.17, 15) is 14.3 Å². The summed E-state index contributed by atoms with van der Waals surface area (Å²) >= 11 is 0. The number of rotatable bonds is 5. The number of carboxylic acid groups (broad SMARTS) is 1. The Bertz CT molecular complexity index is 397. The Morgan fingerprint density at radius 1 is 1.50 bits per heavy atom. The summed E-state index contributed by atoms with van der Waals surface area (Å²) in [6.07, 6.45) is 5.45. The molecule has 0 radical (unpaired) electrons. The smallest absolute Gasteiger partial charge is 0.126 e. The lowest BCUT2D eigenvalue weighted by molar-refractivity contribution is -0.304. The third-order valence-corrected chi connectivity index (χ3v) is 2.17. The van der Waals surface area contributed by atoms with Gasteiger partial charge in [-0.15, -0.1) is 0 Å². The van der Waals surface area contributed by atoms with Crippen molar-refractivity contribution in [1.29, 1.82) is 0 Å². The molecule has 0 aliphatic heterocycles. The fraction of sp³-hybridized carbons (Fsp3) is 0.308. The van der Waals surface area contributed by atoms with Crippen molar-refractivity contribution >= 4 is 12.0 Å². The topological polar surface area (TPSA) is 40.1 Å². The van der Waals surface area contributed by atoms with Gasteiger partial charge in [0.25, 0.3) is 0 Å². The van der Waals surface area contributed by atoms with Gasteiger partial charge in [-0.05, 0) is 29.7 Å². The molecule has 0 N–H and O–H groups in total. The number of allylic oxidation sites excluding steroid dienone is 1. The second-order valence-electron chi connectivity index (χ2n) is 3.59. The molecular formula is C13H14FO2-. The summed E-state index contributed by atoms with van der Waals surface area (Å²) in [4.78, 5) is 10.4. The maximum absolute atomic E-state index is 13.2. The molecule has 0 spiro atoms. The molecule has 1 aromatic rings. The van der Waals surface area contributed by atoms with Crippen LogP contribution in [0.3, 0.4) is 0 Å². The molecule has 0 aliphatic rings. The number of carbonyl (C=O) groups excluding carboxylic acids is 1.